The molecule has 0 saturated carbocycles. The van der Waals surface area contributed by atoms with Crippen molar-refractivity contribution in [2.75, 3.05) is 19.8 Å². The lowest BCUT2D eigenvalue weighted by atomic mass is 10.1. The van der Waals surface area contributed by atoms with Crippen molar-refractivity contribution in [3.8, 4) is 11.8 Å². The van der Waals surface area contributed by atoms with Crippen molar-refractivity contribution in [1.29, 1.82) is 0 Å². The molecule has 164 valence electrons. The minimum absolute atomic E-state index is 0.00145. The van der Waals surface area contributed by atoms with Gasteiger partial charge in [-0.3, -0.25) is 4.79 Å². The maximum absolute atomic E-state index is 11.7. The van der Waals surface area contributed by atoms with Crippen molar-refractivity contribution >= 4 is 11.9 Å². The Morgan fingerprint density at radius 1 is 1.10 bits per heavy atom. The molecule has 0 spiro atoms. The summed E-state index contributed by atoms with van der Waals surface area (Å²) in [6, 6.07) is 2.34. The van der Waals surface area contributed by atoms with Crippen molar-refractivity contribution in [2.24, 2.45) is 0 Å². The van der Waals surface area contributed by atoms with Gasteiger partial charge in [0.05, 0.1) is 13.2 Å². The van der Waals surface area contributed by atoms with Crippen molar-refractivity contribution in [3.63, 3.8) is 0 Å². The zero-order valence-electron chi connectivity index (χ0n) is 15.6. The van der Waals surface area contributed by atoms with Gasteiger partial charge in [-0.1, -0.05) is 0 Å². The smallest absolute Gasteiger partial charge is 0.333 e. The Morgan fingerprint density at radius 2 is 1.76 bits per heavy atom. The molecule has 4 atom stereocenters. The molecule has 1 aliphatic rings. The Kier molecular flexibility index (Phi) is 8.67. The van der Waals surface area contributed by atoms with Crippen LogP contribution in [0, 0.1) is 0 Å². The average molecular weight is 418 g/mol. The van der Waals surface area contributed by atoms with Crippen LogP contribution in [0.25, 0.3) is 0 Å². The quantitative estimate of drug-likeness (QED) is 0.232. The van der Waals surface area contributed by atoms with Crippen molar-refractivity contribution < 1.29 is 49.4 Å². The highest BCUT2D eigenvalue weighted by atomic mass is 16.7. The van der Waals surface area contributed by atoms with Gasteiger partial charge in [-0.05, 0) is 12.8 Å². The summed E-state index contributed by atoms with van der Waals surface area (Å²) >= 11 is 0. The van der Waals surface area contributed by atoms with Crippen LogP contribution < -0.4 is 10.2 Å². The molecule has 1 amide bonds. The number of hydrogen-bond acceptors (Lipinski definition) is 10. The first-order valence-corrected chi connectivity index (χ1v) is 9.14. The monoisotopic (exact) mass is 418 g/mol. The summed E-state index contributed by atoms with van der Waals surface area (Å²) in [5.74, 6) is -1.74. The number of aromatic nitrogens is 1. The van der Waals surface area contributed by atoms with Gasteiger partial charge in [0.1, 0.15) is 18.3 Å². The fourth-order valence-electron chi connectivity index (χ4n) is 2.58. The van der Waals surface area contributed by atoms with E-state index in [0.717, 1.165) is 0 Å². The molecule has 12 heteroatoms. The molecule has 2 rings (SSSR count). The number of carbonyl (C=O) groups excluding carboxylic acids is 2. The first-order chi connectivity index (χ1) is 13.8. The molecular formula is C17H26N2O10. The summed E-state index contributed by atoms with van der Waals surface area (Å²) in [5.41, 5.74) is 0. The fraction of sp³-hybridized carbons (Fsp3) is 0.647. The van der Waals surface area contributed by atoms with E-state index in [1.165, 1.54) is 12.1 Å². The SMILES string of the molecule is O=C(CCCCC(=O)On1c(O)ccc1O)NCCOC1OCC(O)C(O)C1O. The van der Waals surface area contributed by atoms with Gasteiger partial charge < -0.3 is 45.2 Å². The zero-order valence-corrected chi connectivity index (χ0v) is 15.6. The summed E-state index contributed by atoms with van der Waals surface area (Å²) < 4.78 is 10.9. The van der Waals surface area contributed by atoms with E-state index in [0.29, 0.717) is 17.6 Å². The first kappa shape index (κ1) is 22.9. The summed E-state index contributed by atoms with van der Waals surface area (Å²) in [5, 5.41) is 49.9. The largest absolute Gasteiger partial charge is 0.492 e. The van der Waals surface area contributed by atoms with E-state index in [1.54, 1.807) is 0 Å². The van der Waals surface area contributed by atoms with Gasteiger partial charge in [-0.25, -0.2) is 4.79 Å². The topological polar surface area (TPSA) is 180 Å². The lowest BCUT2D eigenvalue weighted by Crippen LogP contribution is -2.54. The van der Waals surface area contributed by atoms with Crippen LogP contribution in [0.3, 0.4) is 0 Å². The van der Waals surface area contributed by atoms with Crippen LogP contribution in [0.5, 0.6) is 11.8 Å². The molecule has 1 aliphatic heterocycles. The number of amides is 1. The van der Waals surface area contributed by atoms with Crippen molar-refractivity contribution in [2.45, 2.75) is 50.3 Å². The molecule has 0 aliphatic carbocycles. The predicted octanol–water partition coefficient (Wildman–Crippen LogP) is -2.01. The molecule has 2 heterocycles. The van der Waals surface area contributed by atoms with E-state index in [4.69, 9.17) is 14.3 Å². The number of nitrogens with zero attached hydrogens (tertiary/aromatic N) is 1. The highest BCUT2D eigenvalue weighted by molar-refractivity contribution is 5.76. The van der Waals surface area contributed by atoms with Gasteiger partial charge in [0, 0.05) is 31.5 Å². The molecule has 0 aromatic carbocycles. The third kappa shape index (κ3) is 6.87. The number of aliphatic hydroxyl groups excluding tert-OH is 3. The Labute approximate surface area is 166 Å². The number of aromatic hydroxyl groups is 2. The maximum Gasteiger partial charge on any atom is 0.333 e. The molecule has 4 unspecified atom stereocenters. The van der Waals surface area contributed by atoms with Crippen LogP contribution in [-0.2, 0) is 19.1 Å². The fourth-order valence-corrected chi connectivity index (χ4v) is 2.58. The summed E-state index contributed by atoms with van der Waals surface area (Å²) in [6.45, 7) is 0.0198. The van der Waals surface area contributed by atoms with Crippen LogP contribution in [0.2, 0.25) is 0 Å². The van der Waals surface area contributed by atoms with E-state index >= 15 is 0 Å². The normalized spacial score (nSPS) is 24.2. The Bertz CT molecular complexity index is 660. The summed E-state index contributed by atoms with van der Waals surface area (Å²) in [7, 11) is 0. The molecule has 1 fully saturated rings. The second-order valence-electron chi connectivity index (χ2n) is 6.49. The van der Waals surface area contributed by atoms with Crippen molar-refractivity contribution in [1.82, 2.24) is 10.0 Å². The lowest BCUT2D eigenvalue weighted by Gasteiger charge is -2.34. The first-order valence-electron chi connectivity index (χ1n) is 9.14. The number of unbranched alkanes of at least 4 members (excludes halogenated alkanes) is 1. The zero-order chi connectivity index (χ0) is 21.4. The Hall–Kier alpha value is -2.38. The Balaban J connectivity index is 1.52. The minimum atomic E-state index is -1.38. The molecule has 1 aromatic rings. The number of carbonyl (C=O) groups is 2. The number of hydrogen-bond donors (Lipinski definition) is 6. The molecule has 1 aromatic heterocycles. The van der Waals surface area contributed by atoms with Gasteiger partial charge in [-0.2, -0.15) is 0 Å². The van der Waals surface area contributed by atoms with E-state index < -0.39 is 42.3 Å². The van der Waals surface area contributed by atoms with Gasteiger partial charge in [0.15, 0.2) is 6.29 Å². The molecule has 0 bridgehead atoms. The minimum Gasteiger partial charge on any atom is -0.492 e. The molecule has 0 radical (unpaired) electrons. The van der Waals surface area contributed by atoms with Gasteiger partial charge >= 0.3 is 5.97 Å². The van der Waals surface area contributed by atoms with E-state index in [-0.39, 0.29) is 38.5 Å². The third-order valence-corrected chi connectivity index (χ3v) is 4.19. The van der Waals surface area contributed by atoms with E-state index in [9.17, 15) is 35.1 Å². The summed E-state index contributed by atoms with van der Waals surface area (Å²) in [6.07, 6.45) is -4.06. The standard InChI is InChI=1S/C17H26N2O10/c20-10-9-28-17(16(26)15(10)25)27-8-7-18-11(21)3-1-2-4-14(24)29-19-12(22)5-6-13(19)23/h5-6,10,15-17,20,22-23,25-26H,1-4,7-9H2,(H,18,21). The number of nitrogens with one attached hydrogen (secondary N) is 1. The van der Waals surface area contributed by atoms with Crippen molar-refractivity contribution in [3.05, 3.63) is 12.1 Å². The molecule has 6 N–H and O–H groups in total. The molecule has 29 heavy (non-hydrogen) atoms. The summed E-state index contributed by atoms with van der Waals surface area (Å²) in [4.78, 5) is 28.2. The molecular weight excluding hydrogens is 392 g/mol. The van der Waals surface area contributed by atoms with Gasteiger partial charge in [0.2, 0.25) is 17.7 Å². The van der Waals surface area contributed by atoms with E-state index in [1.807, 2.05) is 0 Å². The van der Waals surface area contributed by atoms with Crippen LogP contribution >= 0.6 is 0 Å². The Morgan fingerprint density at radius 3 is 2.45 bits per heavy atom. The maximum atomic E-state index is 11.7. The number of ether oxygens (including phenoxy) is 2. The predicted molar refractivity (Wildman–Crippen MR) is 94.5 cm³/mol. The lowest BCUT2D eigenvalue weighted by molar-refractivity contribution is -0.269. The number of aliphatic hydroxyl groups is 3. The highest BCUT2D eigenvalue weighted by Crippen LogP contribution is 2.19. The van der Waals surface area contributed by atoms with Crippen LogP contribution in [0.4, 0.5) is 0 Å². The highest BCUT2D eigenvalue weighted by Gasteiger charge is 2.38. The van der Waals surface area contributed by atoms with Crippen LogP contribution in [0.15, 0.2) is 12.1 Å². The number of rotatable bonds is 10. The second-order valence-corrected chi connectivity index (χ2v) is 6.49. The van der Waals surface area contributed by atoms with Crippen LogP contribution in [0.1, 0.15) is 25.7 Å². The molecule has 1 saturated heterocycles. The average Bonchev–Trinajstić information content (AvgIpc) is 3.00. The van der Waals surface area contributed by atoms with Crippen LogP contribution in [-0.4, -0.2) is 86.5 Å². The van der Waals surface area contributed by atoms with E-state index in [2.05, 4.69) is 5.32 Å². The molecule has 12 nitrogen and oxygen atoms in total. The van der Waals surface area contributed by atoms with Gasteiger partial charge in [-0.15, -0.1) is 4.73 Å². The second kappa shape index (κ2) is 11.0. The third-order valence-electron chi connectivity index (χ3n) is 4.19. The van der Waals surface area contributed by atoms with Gasteiger partial charge in [0.25, 0.3) is 0 Å².